The van der Waals surface area contributed by atoms with Crippen LogP contribution in [0.4, 0.5) is 0 Å². The van der Waals surface area contributed by atoms with Crippen LogP contribution in [0.5, 0.6) is 0 Å². The van der Waals surface area contributed by atoms with Crippen LogP contribution in [0.3, 0.4) is 0 Å². The van der Waals surface area contributed by atoms with Gasteiger partial charge >= 0.3 is 0 Å². The summed E-state index contributed by atoms with van der Waals surface area (Å²) in [5, 5.41) is 5.14. The predicted molar refractivity (Wildman–Crippen MR) is 72.8 cm³/mol. The van der Waals surface area contributed by atoms with Crippen LogP contribution in [0, 0.1) is 5.92 Å². The van der Waals surface area contributed by atoms with Gasteiger partial charge in [-0.2, -0.15) is 0 Å². The van der Waals surface area contributed by atoms with E-state index in [1.165, 1.54) is 5.56 Å². The van der Waals surface area contributed by atoms with Crippen molar-refractivity contribution >= 4 is 35.0 Å². The first-order chi connectivity index (χ1) is 7.65. The quantitative estimate of drug-likeness (QED) is 0.860. The maximum atomic E-state index is 6.30. The molecule has 0 aliphatic carbocycles. The Kier molecular flexibility index (Phi) is 4.06. The molecule has 1 nitrogen and oxygen atoms in total. The predicted octanol–water partition coefficient (Wildman–Crippen LogP) is 4.39. The van der Waals surface area contributed by atoms with Crippen molar-refractivity contribution in [1.82, 2.24) is 5.32 Å². The van der Waals surface area contributed by atoms with Crippen molar-refractivity contribution in [2.24, 2.45) is 5.92 Å². The average Bonchev–Trinajstić information content (AvgIpc) is 2.27. The monoisotopic (exact) mass is 275 g/mol. The fourth-order valence-corrected chi connectivity index (χ4v) is 3.98. The molecule has 1 aromatic rings. The molecule has 4 heteroatoms. The first-order valence-corrected chi connectivity index (χ1v) is 7.23. The lowest BCUT2D eigenvalue weighted by Gasteiger charge is -2.32. The van der Waals surface area contributed by atoms with Crippen LogP contribution in [0.15, 0.2) is 17.0 Å². The molecule has 0 fully saturated rings. The minimum absolute atomic E-state index is 0.326. The van der Waals surface area contributed by atoms with Gasteiger partial charge in [-0.3, -0.25) is 0 Å². The van der Waals surface area contributed by atoms with Crippen molar-refractivity contribution in [3.05, 3.63) is 27.7 Å². The fraction of sp³-hybridized carbons (Fsp3) is 0.500. The molecule has 1 aliphatic rings. The molecule has 1 aliphatic heterocycles. The van der Waals surface area contributed by atoms with Gasteiger partial charge in [0.15, 0.2) is 0 Å². The van der Waals surface area contributed by atoms with Crippen molar-refractivity contribution in [2.75, 3.05) is 12.3 Å². The van der Waals surface area contributed by atoms with E-state index < -0.39 is 0 Å². The summed E-state index contributed by atoms with van der Waals surface area (Å²) in [5.41, 5.74) is 1.18. The first kappa shape index (κ1) is 12.6. The third kappa shape index (κ3) is 2.21. The van der Waals surface area contributed by atoms with E-state index in [-0.39, 0.29) is 0 Å². The molecule has 0 radical (unpaired) electrons. The lowest BCUT2D eigenvalue weighted by atomic mass is 9.95. The van der Waals surface area contributed by atoms with Gasteiger partial charge in [0.1, 0.15) is 0 Å². The van der Waals surface area contributed by atoms with Gasteiger partial charge in [-0.15, -0.1) is 11.8 Å². The molecule has 2 atom stereocenters. The molecule has 0 aromatic heterocycles. The third-order valence-electron chi connectivity index (χ3n) is 2.89. The normalized spacial score (nSPS) is 24.2. The van der Waals surface area contributed by atoms with Gasteiger partial charge < -0.3 is 5.32 Å². The van der Waals surface area contributed by atoms with Crippen molar-refractivity contribution in [2.45, 2.75) is 24.8 Å². The van der Waals surface area contributed by atoms with E-state index in [0.29, 0.717) is 12.0 Å². The molecular formula is C12H15Cl2NS. The lowest BCUT2D eigenvalue weighted by Crippen LogP contribution is -2.31. The summed E-state index contributed by atoms with van der Waals surface area (Å²) in [4.78, 5) is 1.15. The van der Waals surface area contributed by atoms with Crippen molar-refractivity contribution in [3.8, 4) is 0 Å². The minimum atomic E-state index is 0.326. The Morgan fingerprint density at radius 3 is 2.75 bits per heavy atom. The highest BCUT2D eigenvalue weighted by atomic mass is 35.5. The number of halogens is 2. The highest BCUT2D eigenvalue weighted by Crippen LogP contribution is 2.46. The molecule has 0 spiro atoms. The third-order valence-corrected chi connectivity index (χ3v) is 5.07. The summed E-state index contributed by atoms with van der Waals surface area (Å²) in [6, 6.07) is 4.10. The molecule has 2 rings (SSSR count). The maximum absolute atomic E-state index is 6.30. The van der Waals surface area contributed by atoms with E-state index in [4.69, 9.17) is 23.2 Å². The highest BCUT2D eigenvalue weighted by molar-refractivity contribution is 7.99. The number of hydrogen-bond donors (Lipinski definition) is 1. The second kappa shape index (κ2) is 5.18. The number of thioether (sulfide) groups is 1. The second-order valence-electron chi connectivity index (χ2n) is 4.10. The first-order valence-electron chi connectivity index (χ1n) is 5.49. The fourth-order valence-electron chi connectivity index (χ4n) is 2.10. The largest absolute Gasteiger partial charge is 0.310 e. The topological polar surface area (TPSA) is 12.0 Å². The lowest BCUT2D eigenvalue weighted by molar-refractivity contribution is 0.416. The molecule has 0 amide bonds. The van der Waals surface area contributed by atoms with Gasteiger partial charge in [-0.25, -0.2) is 0 Å². The van der Waals surface area contributed by atoms with Crippen LogP contribution in [-0.4, -0.2) is 12.3 Å². The number of fused-ring (bicyclic) bond motifs is 1. The zero-order chi connectivity index (χ0) is 11.7. The summed E-state index contributed by atoms with van der Waals surface area (Å²) in [5.74, 6) is 1.67. The standard InChI is InChI=1S/C12H15Cl2NS/c1-3-15-11-7(2)6-16-12-9(14)5-4-8(13)10(11)12/h4-5,7,11,15H,3,6H2,1-2H3. The van der Waals surface area contributed by atoms with Crippen LogP contribution in [0.25, 0.3) is 0 Å². The SMILES string of the molecule is CCNC1c2c(Cl)ccc(Cl)c2SCC1C. The van der Waals surface area contributed by atoms with Gasteiger partial charge in [0, 0.05) is 27.3 Å². The summed E-state index contributed by atoms with van der Waals surface area (Å²) in [6.45, 7) is 5.31. The van der Waals surface area contributed by atoms with E-state index in [2.05, 4.69) is 19.2 Å². The van der Waals surface area contributed by atoms with E-state index in [0.717, 1.165) is 27.2 Å². The number of nitrogens with one attached hydrogen (secondary N) is 1. The molecule has 1 heterocycles. The smallest absolute Gasteiger partial charge is 0.0546 e. The molecule has 16 heavy (non-hydrogen) atoms. The molecule has 2 unspecified atom stereocenters. The number of hydrogen-bond acceptors (Lipinski definition) is 2. The van der Waals surface area contributed by atoms with Crippen LogP contribution in [0.1, 0.15) is 25.5 Å². The Balaban J connectivity index is 2.49. The number of benzene rings is 1. The Hall–Kier alpha value is 0.110. The van der Waals surface area contributed by atoms with Gasteiger partial charge in [0.25, 0.3) is 0 Å². The van der Waals surface area contributed by atoms with Crippen LogP contribution < -0.4 is 5.32 Å². The van der Waals surface area contributed by atoms with E-state index in [1.807, 2.05) is 23.9 Å². The Morgan fingerprint density at radius 1 is 1.38 bits per heavy atom. The summed E-state index contributed by atoms with van der Waals surface area (Å²) >= 11 is 14.3. The number of rotatable bonds is 2. The highest BCUT2D eigenvalue weighted by Gasteiger charge is 2.29. The van der Waals surface area contributed by atoms with Crippen molar-refractivity contribution < 1.29 is 0 Å². The van der Waals surface area contributed by atoms with Gasteiger partial charge in [0.05, 0.1) is 5.02 Å². The molecule has 0 bridgehead atoms. The van der Waals surface area contributed by atoms with Gasteiger partial charge in [-0.05, 0) is 24.6 Å². The van der Waals surface area contributed by atoms with Gasteiger partial charge in [-0.1, -0.05) is 37.0 Å². The summed E-state index contributed by atoms with van der Waals surface area (Å²) in [7, 11) is 0. The zero-order valence-electron chi connectivity index (χ0n) is 9.39. The summed E-state index contributed by atoms with van der Waals surface area (Å²) < 4.78 is 0. The van der Waals surface area contributed by atoms with Gasteiger partial charge in [0.2, 0.25) is 0 Å². The van der Waals surface area contributed by atoms with Crippen molar-refractivity contribution in [3.63, 3.8) is 0 Å². The second-order valence-corrected chi connectivity index (χ2v) is 5.94. The molecule has 0 saturated heterocycles. The Labute approximate surface area is 111 Å². The maximum Gasteiger partial charge on any atom is 0.0546 e. The molecule has 1 N–H and O–H groups in total. The minimum Gasteiger partial charge on any atom is -0.310 e. The Bertz CT molecular complexity index is 395. The molecule has 0 saturated carbocycles. The zero-order valence-corrected chi connectivity index (χ0v) is 11.7. The molecular weight excluding hydrogens is 261 g/mol. The van der Waals surface area contributed by atoms with E-state index in [9.17, 15) is 0 Å². The Morgan fingerprint density at radius 2 is 2.06 bits per heavy atom. The average molecular weight is 276 g/mol. The van der Waals surface area contributed by atoms with Crippen molar-refractivity contribution in [1.29, 1.82) is 0 Å². The molecule has 88 valence electrons. The van der Waals surface area contributed by atoms with E-state index >= 15 is 0 Å². The van der Waals surface area contributed by atoms with Crippen LogP contribution in [-0.2, 0) is 0 Å². The molecule has 1 aromatic carbocycles. The summed E-state index contributed by atoms with van der Waals surface area (Å²) in [6.07, 6.45) is 0. The van der Waals surface area contributed by atoms with Crippen LogP contribution >= 0.6 is 35.0 Å². The van der Waals surface area contributed by atoms with E-state index in [1.54, 1.807) is 0 Å². The van der Waals surface area contributed by atoms with Crippen LogP contribution in [0.2, 0.25) is 10.0 Å².